The van der Waals surface area contributed by atoms with Gasteiger partial charge in [0.15, 0.2) is 5.82 Å². The lowest BCUT2D eigenvalue weighted by molar-refractivity contribution is 0.102. The summed E-state index contributed by atoms with van der Waals surface area (Å²) in [5, 5.41) is 8.87. The van der Waals surface area contributed by atoms with Crippen molar-refractivity contribution in [2.24, 2.45) is 5.92 Å². The lowest BCUT2D eigenvalue weighted by atomic mass is 9.82. The summed E-state index contributed by atoms with van der Waals surface area (Å²) in [5.74, 6) is 0.549. The predicted molar refractivity (Wildman–Crippen MR) is 226 cm³/mol. The normalized spacial score (nSPS) is 20.1. The van der Waals surface area contributed by atoms with Crippen molar-refractivity contribution in [2.75, 3.05) is 36.4 Å². The van der Waals surface area contributed by atoms with Gasteiger partial charge in [0.2, 0.25) is 0 Å². The zero-order chi connectivity index (χ0) is 38.5. The molecule has 3 amide bonds. The number of pyridine rings is 1. The van der Waals surface area contributed by atoms with E-state index in [0.717, 1.165) is 103 Å². The number of nitrogens with zero attached hydrogens (tertiary/aromatic N) is 4. The van der Waals surface area contributed by atoms with E-state index < -0.39 is 0 Å². The van der Waals surface area contributed by atoms with Crippen LogP contribution >= 0.6 is 34.8 Å². The Morgan fingerprint density at radius 1 is 0.911 bits per heavy atom. The third-order valence-corrected chi connectivity index (χ3v) is 12.4. The Morgan fingerprint density at radius 2 is 1.73 bits per heavy atom. The number of hydrogen-bond acceptors (Lipinski definition) is 5. The molecule has 2 unspecified atom stereocenters. The fourth-order valence-electron chi connectivity index (χ4n) is 9.08. The minimum absolute atomic E-state index is 0.0312. The van der Waals surface area contributed by atoms with E-state index in [-0.39, 0.29) is 29.9 Å². The smallest absolute Gasteiger partial charge is 0.317 e. The Labute approximate surface area is 341 Å². The summed E-state index contributed by atoms with van der Waals surface area (Å²) in [4.78, 5) is 42.5. The summed E-state index contributed by atoms with van der Waals surface area (Å²) in [6.07, 6.45) is 10.5. The Morgan fingerprint density at radius 3 is 2.54 bits per heavy atom. The van der Waals surface area contributed by atoms with Gasteiger partial charge in [-0.05, 0) is 96.7 Å². The van der Waals surface area contributed by atoms with Gasteiger partial charge < -0.3 is 30.3 Å². The highest BCUT2D eigenvalue weighted by molar-refractivity contribution is 6.35. The molecule has 3 aromatic carbocycles. The van der Waals surface area contributed by atoms with Crippen LogP contribution in [0.5, 0.6) is 0 Å². The van der Waals surface area contributed by atoms with E-state index in [2.05, 4.69) is 68.9 Å². The van der Waals surface area contributed by atoms with Crippen molar-refractivity contribution >= 4 is 80.4 Å². The number of rotatable bonds is 6. The number of amides is 3. The molecule has 4 aliphatic rings. The highest BCUT2D eigenvalue weighted by Gasteiger charge is 2.40. The minimum Gasteiger partial charge on any atom is -0.355 e. The number of aromatic nitrogens is 2. The summed E-state index contributed by atoms with van der Waals surface area (Å²) < 4.78 is 0. The average molecular weight is 807 g/mol. The number of aromatic amines is 1. The summed E-state index contributed by atoms with van der Waals surface area (Å²) >= 11 is 20.3. The van der Waals surface area contributed by atoms with E-state index in [1.807, 2.05) is 47.4 Å². The number of anilines is 2. The molecule has 0 bridgehead atoms. The zero-order valence-electron chi connectivity index (χ0n) is 31.0. The topological polar surface area (TPSA) is 96.6 Å². The summed E-state index contributed by atoms with van der Waals surface area (Å²) in [6, 6.07) is 23.5. The number of carbonyl (C=O) groups excluding carboxylic acids is 2. The fourth-order valence-corrected chi connectivity index (χ4v) is 9.82. The number of halogens is 3. The van der Waals surface area contributed by atoms with Crippen LogP contribution in [0.3, 0.4) is 0 Å². The van der Waals surface area contributed by atoms with Crippen LogP contribution < -0.4 is 15.5 Å². The zero-order valence-corrected chi connectivity index (χ0v) is 33.3. The first-order valence-electron chi connectivity index (χ1n) is 19.4. The molecule has 2 atom stereocenters. The Balaban J connectivity index is 1.15. The standard InChI is InChI=1S/C44H42Cl3N7O2/c1-26-9-8-20-54-40(31-14-13-28(45)24-33(31)47)32-23-29(46)25-35-37(32)38(41(54)36(26)27-10-3-2-4-11-27)39(50-35)43(55)51-34-12-7-18-48-42(34)52-21-15-30(16-22-52)53-19-6-5-17-49-44(53)56/h2-4,7-8,10-14,18,20,23-26,30,40,50H,5-6,9,15-17,19,21-22H2,1H3,(H,49,56)(H,51,55). The van der Waals surface area contributed by atoms with Gasteiger partial charge in [-0.3, -0.25) is 4.79 Å². The second-order valence-corrected chi connectivity index (χ2v) is 16.4. The number of allylic oxidation sites excluding steroid dienone is 2. The first-order chi connectivity index (χ1) is 27.3. The number of piperidine rings is 1. The molecule has 3 N–H and O–H groups in total. The quantitative estimate of drug-likeness (QED) is 0.159. The van der Waals surface area contributed by atoms with Gasteiger partial charge in [-0.2, -0.15) is 0 Å². The molecule has 6 heterocycles. The van der Waals surface area contributed by atoms with Crippen LogP contribution in [0.4, 0.5) is 16.3 Å². The van der Waals surface area contributed by atoms with E-state index in [0.29, 0.717) is 32.3 Å². The molecule has 0 saturated carbocycles. The van der Waals surface area contributed by atoms with E-state index in [1.165, 1.54) is 0 Å². The van der Waals surface area contributed by atoms with Crippen molar-refractivity contribution in [2.45, 2.75) is 51.1 Å². The predicted octanol–water partition coefficient (Wildman–Crippen LogP) is 10.4. The van der Waals surface area contributed by atoms with Gasteiger partial charge in [0.25, 0.3) is 5.91 Å². The van der Waals surface area contributed by atoms with Crippen molar-refractivity contribution in [1.29, 1.82) is 0 Å². The van der Waals surface area contributed by atoms with Crippen LogP contribution in [0.15, 0.2) is 91.3 Å². The third kappa shape index (κ3) is 6.59. The maximum absolute atomic E-state index is 14.9. The van der Waals surface area contributed by atoms with Gasteiger partial charge in [-0.1, -0.05) is 84.2 Å². The first-order valence-corrected chi connectivity index (χ1v) is 20.5. The molecule has 2 saturated heterocycles. The Hall–Kier alpha value is -4.96. The summed E-state index contributed by atoms with van der Waals surface area (Å²) in [6.45, 7) is 5.18. The molecule has 12 heteroatoms. The fraction of sp³-hybridized carbons (Fsp3) is 0.295. The number of H-pyrrole nitrogens is 1. The molecule has 9 rings (SSSR count). The molecule has 4 aliphatic heterocycles. The minimum atomic E-state index is -0.358. The van der Waals surface area contributed by atoms with Gasteiger partial charge in [0, 0.05) is 76.2 Å². The Bertz CT molecular complexity index is 2400. The van der Waals surface area contributed by atoms with Gasteiger partial charge in [0.1, 0.15) is 5.69 Å². The maximum Gasteiger partial charge on any atom is 0.317 e. The lowest BCUT2D eigenvalue weighted by Gasteiger charge is -2.40. The van der Waals surface area contributed by atoms with E-state index in [4.69, 9.17) is 39.8 Å². The van der Waals surface area contributed by atoms with Crippen molar-refractivity contribution < 1.29 is 9.59 Å². The molecular formula is C44H42Cl3N7O2. The molecule has 0 radical (unpaired) electrons. The number of fused-ring (bicyclic) bond motifs is 2. The van der Waals surface area contributed by atoms with Gasteiger partial charge >= 0.3 is 6.03 Å². The summed E-state index contributed by atoms with van der Waals surface area (Å²) in [7, 11) is 0. The van der Waals surface area contributed by atoms with Crippen LogP contribution in [-0.4, -0.2) is 63.9 Å². The molecule has 2 fully saturated rings. The van der Waals surface area contributed by atoms with Crippen molar-refractivity contribution in [1.82, 2.24) is 25.1 Å². The van der Waals surface area contributed by atoms with E-state index in [1.54, 1.807) is 12.3 Å². The molecule has 5 aromatic rings. The Kier molecular flexibility index (Phi) is 9.94. The second-order valence-electron chi connectivity index (χ2n) is 15.1. The first kappa shape index (κ1) is 36.7. The number of hydrogen-bond donors (Lipinski definition) is 3. The number of nitrogens with one attached hydrogen (secondary N) is 3. The molecule has 56 heavy (non-hydrogen) atoms. The van der Waals surface area contributed by atoms with Crippen molar-refractivity contribution in [3.63, 3.8) is 0 Å². The van der Waals surface area contributed by atoms with Crippen LogP contribution in [0.2, 0.25) is 15.1 Å². The molecule has 286 valence electrons. The van der Waals surface area contributed by atoms with Crippen molar-refractivity contribution in [3.8, 4) is 0 Å². The number of urea groups is 1. The lowest BCUT2D eigenvalue weighted by Crippen LogP contribution is -2.50. The third-order valence-electron chi connectivity index (χ3n) is 11.6. The van der Waals surface area contributed by atoms with E-state index >= 15 is 0 Å². The van der Waals surface area contributed by atoms with Gasteiger partial charge in [-0.15, -0.1) is 0 Å². The number of benzene rings is 3. The van der Waals surface area contributed by atoms with Crippen LogP contribution in [-0.2, 0) is 0 Å². The highest BCUT2D eigenvalue weighted by atomic mass is 35.5. The highest BCUT2D eigenvalue weighted by Crippen LogP contribution is 2.53. The van der Waals surface area contributed by atoms with Crippen LogP contribution in [0.25, 0.3) is 22.2 Å². The van der Waals surface area contributed by atoms with Gasteiger partial charge in [-0.25, -0.2) is 9.78 Å². The van der Waals surface area contributed by atoms with E-state index in [9.17, 15) is 9.59 Å². The SMILES string of the molecule is CC1CC=CN2C(=C1c1ccccc1)c1c(C(=O)Nc3cccnc3N3CCC(N4CCCCNC4=O)CC3)[nH]c3cc(Cl)cc(c13)C2c1ccc(Cl)cc1Cl. The second kappa shape index (κ2) is 15.2. The molecule has 0 spiro atoms. The maximum atomic E-state index is 14.9. The monoisotopic (exact) mass is 805 g/mol. The molecule has 2 aromatic heterocycles. The largest absolute Gasteiger partial charge is 0.355 e. The van der Waals surface area contributed by atoms with Crippen molar-refractivity contribution in [3.05, 3.63) is 134 Å². The average Bonchev–Trinajstić information content (AvgIpc) is 3.31. The van der Waals surface area contributed by atoms with Crippen LogP contribution in [0.1, 0.15) is 77.8 Å². The molecule has 0 aliphatic carbocycles. The number of carbonyl (C=O) groups is 2. The van der Waals surface area contributed by atoms with Crippen LogP contribution in [0, 0.1) is 5.92 Å². The summed E-state index contributed by atoms with van der Waals surface area (Å²) in [5.41, 5.74) is 7.58. The van der Waals surface area contributed by atoms with Gasteiger partial charge in [0.05, 0.1) is 17.4 Å². The molecule has 9 nitrogen and oxygen atoms in total. The molecular weight excluding hydrogens is 765 g/mol.